The second-order valence-electron chi connectivity index (χ2n) is 10.9. The van der Waals surface area contributed by atoms with E-state index in [0.29, 0.717) is 6.04 Å². The zero-order valence-electron chi connectivity index (χ0n) is 24.7. The molecule has 0 aliphatic rings. The van der Waals surface area contributed by atoms with Crippen LogP contribution in [0.3, 0.4) is 0 Å². The molecule has 35 heavy (non-hydrogen) atoms. The van der Waals surface area contributed by atoms with Crippen LogP contribution in [0.5, 0.6) is 0 Å². The summed E-state index contributed by atoms with van der Waals surface area (Å²) in [5.74, 6) is -0.906. The van der Waals surface area contributed by atoms with Crippen molar-refractivity contribution in [1.29, 1.82) is 0 Å². The molecule has 0 rings (SSSR count). The van der Waals surface area contributed by atoms with Gasteiger partial charge >= 0.3 is 29.6 Å². The first kappa shape index (κ1) is 37.6. The SMILES string of the molecule is CCCCCCCCCCCCCN(CCCCCCCCCCCCC)C(C)CCC(=O)[O-].[Na+]. The molecule has 0 heterocycles. The zero-order chi connectivity index (χ0) is 25.1. The summed E-state index contributed by atoms with van der Waals surface area (Å²) in [6.07, 6.45) is 31.1. The Bertz CT molecular complexity index is 393. The first-order valence-corrected chi connectivity index (χ1v) is 15.6. The van der Waals surface area contributed by atoms with Gasteiger partial charge in [-0.1, -0.05) is 142 Å². The van der Waals surface area contributed by atoms with Crippen molar-refractivity contribution in [3.63, 3.8) is 0 Å². The van der Waals surface area contributed by atoms with E-state index in [0.717, 1.165) is 19.5 Å². The quantitative estimate of drug-likeness (QED) is 0.0996. The van der Waals surface area contributed by atoms with Crippen LogP contribution in [-0.4, -0.2) is 30.0 Å². The Kier molecular flexibility index (Phi) is 32.9. The summed E-state index contributed by atoms with van der Waals surface area (Å²) in [6, 6.07) is 0.351. The molecular weight excluding hydrogens is 441 g/mol. The molecule has 0 N–H and O–H groups in total. The molecule has 0 bridgehead atoms. The molecule has 0 fully saturated rings. The number of hydrogen-bond acceptors (Lipinski definition) is 3. The molecule has 1 unspecified atom stereocenters. The van der Waals surface area contributed by atoms with Crippen LogP contribution < -0.4 is 34.7 Å². The third-order valence-electron chi connectivity index (χ3n) is 7.49. The first-order valence-electron chi connectivity index (χ1n) is 15.6. The number of carbonyl (C=O) groups is 1. The van der Waals surface area contributed by atoms with Gasteiger partial charge in [0.15, 0.2) is 0 Å². The van der Waals surface area contributed by atoms with E-state index in [9.17, 15) is 9.90 Å². The average molecular weight is 504 g/mol. The maximum absolute atomic E-state index is 10.9. The van der Waals surface area contributed by atoms with Gasteiger partial charge in [0.25, 0.3) is 0 Å². The van der Waals surface area contributed by atoms with Crippen LogP contribution >= 0.6 is 0 Å². The van der Waals surface area contributed by atoms with Gasteiger partial charge in [0, 0.05) is 12.0 Å². The van der Waals surface area contributed by atoms with Gasteiger partial charge in [0.05, 0.1) is 0 Å². The Morgan fingerprint density at radius 1 is 0.571 bits per heavy atom. The number of carboxylic acids is 1. The molecule has 0 amide bonds. The summed E-state index contributed by atoms with van der Waals surface area (Å²) in [6.45, 7) is 9.03. The predicted molar refractivity (Wildman–Crippen MR) is 148 cm³/mol. The van der Waals surface area contributed by atoms with E-state index >= 15 is 0 Å². The van der Waals surface area contributed by atoms with Gasteiger partial charge in [0.1, 0.15) is 0 Å². The molecule has 0 radical (unpaired) electrons. The van der Waals surface area contributed by atoms with Crippen LogP contribution in [0, 0.1) is 0 Å². The second-order valence-corrected chi connectivity index (χ2v) is 10.9. The number of nitrogens with zero attached hydrogens (tertiary/aromatic N) is 1. The van der Waals surface area contributed by atoms with E-state index in [2.05, 4.69) is 25.7 Å². The fourth-order valence-corrected chi connectivity index (χ4v) is 5.02. The van der Waals surface area contributed by atoms with Crippen molar-refractivity contribution in [2.75, 3.05) is 13.1 Å². The average Bonchev–Trinajstić information content (AvgIpc) is 2.83. The van der Waals surface area contributed by atoms with Crippen LogP contribution in [0.25, 0.3) is 0 Å². The molecule has 0 aromatic carbocycles. The molecule has 204 valence electrons. The number of hydrogen-bond donors (Lipinski definition) is 0. The molecule has 0 aliphatic carbocycles. The Morgan fingerprint density at radius 3 is 1.14 bits per heavy atom. The predicted octanol–water partition coefficient (Wildman–Crippen LogP) is 5.83. The molecule has 3 nitrogen and oxygen atoms in total. The molecule has 1 atom stereocenters. The van der Waals surface area contributed by atoms with E-state index < -0.39 is 5.97 Å². The van der Waals surface area contributed by atoms with Gasteiger partial charge in [-0.2, -0.15) is 0 Å². The van der Waals surface area contributed by atoms with E-state index in [-0.39, 0.29) is 36.0 Å². The van der Waals surface area contributed by atoms with Crippen molar-refractivity contribution in [1.82, 2.24) is 4.90 Å². The number of carboxylic acid groups (broad SMARTS) is 1. The topological polar surface area (TPSA) is 43.4 Å². The van der Waals surface area contributed by atoms with Crippen LogP contribution in [0.2, 0.25) is 0 Å². The van der Waals surface area contributed by atoms with Gasteiger partial charge in [-0.15, -0.1) is 0 Å². The molecular formula is C31H62NNaO2. The number of rotatable bonds is 28. The van der Waals surface area contributed by atoms with Crippen LogP contribution in [0.4, 0.5) is 0 Å². The van der Waals surface area contributed by atoms with Crippen molar-refractivity contribution in [2.24, 2.45) is 0 Å². The number of unbranched alkanes of at least 4 members (excludes halogenated alkanes) is 20. The van der Waals surface area contributed by atoms with Crippen LogP contribution in [0.15, 0.2) is 0 Å². The third-order valence-corrected chi connectivity index (χ3v) is 7.49. The molecule has 0 spiro atoms. The van der Waals surface area contributed by atoms with Crippen molar-refractivity contribution in [3.8, 4) is 0 Å². The van der Waals surface area contributed by atoms with Gasteiger partial charge in [-0.05, 0) is 45.7 Å². The van der Waals surface area contributed by atoms with Crippen molar-refractivity contribution < 1.29 is 39.5 Å². The van der Waals surface area contributed by atoms with E-state index in [1.807, 2.05) is 0 Å². The molecule has 0 aliphatic heterocycles. The Balaban J connectivity index is 0. The van der Waals surface area contributed by atoms with Gasteiger partial charge in [-0.25, -0.2) is 0 Å². The third kappa shape index (κ3) is 28.8. The summed E-state index contributed by atoms with van der Waals surface area (Å²) in [5, 5.41) is 10.9. The number of carbonyl (C=O) groups excluding carboxylic acids is 1. The molecule has 4 heteroatoms. The maximum atomic E-state index is 10.9. The van der Waals surface area contributed by atoms with E-state index in [1.54, 1.807) is 0 Å². The normalized spacial score (nSPS) is 12.1. The zero-order valence-corrected chi connectivity index (χ0v) is 26.7. The summed E-state index contributed by atoms with van der Waals surface area (Å²) in [5.41, 5.74) is 0. The molecule has 0 aromatic heterocycles. The van der Waals surface area contributed by atoms with Crippen molar-refractivity contribution >= 4 is 5.97 Å². The van der Waals surface area contributed by atoms with Crippen molar-refractivity contribution in [2.45, 2.75) is 181 Å². The molecule has 0 saturated carbocycles. The number of aliphatic carboxylic acids is 1. The second kappa shape index (κ2) is 30.7. The van der Waals surface area contributed by atoms with Gasteiger partial charge < -0.3 is 14.8 Å². The van der Waals surface area contributed by atoms with E-state index in [4.69, 9.17) is 0 Å². The first-order chi connectivity index (χ1) is 16.6. The summed E-state index contributed by atoms with van der Waals surface area (Å²) in [7, 11) is 0. The fraction of sp³-hybridized carbons (Fsp3) is 0.968. The Hall–Kier alpha value is 0.430. The summed E-state index contributed by atoms with van der Waals surface area (Å²) >= 11 is 0. The van der Waals surface area contributed by atoms with Crippen LogP contribution in [-0.2, 0) is 4.79 Å². The standard InChI is InChI=1S/C31H63NO2.Na/c1-4-6-8-10-12-14-16-18-20-22-24-28-32(30(3)26-27-31(33)34)29-25-23-21-19-17-15-13-11-9-7-5-2;/h30H,4-29H2,1-3H3,(H,33,34);/q;+1/p-1. The van der Waals surface area contributed by atoms with E-state index in [1.165, 1.54) is 141 Å². The monoisotopic (exact) mass is 503 g/mol. The van der Waals surface area contributed by atoms with Crippen LogP contribution in [0.1, 0.15) is 175 Å². The minimum Gasteiger partial charge on any atom is -0.550 e. The minimum atomic E-state index is -0.906. The van der Waals surface area contributed by atoms with Crippen molar-refractivity contribution in [3.05, 3.63) is 0 Å². The largest absolute Gasteiger partial charge is 1.00 e. The smallest absolute Gasteiger partial charge is 0.550 e. The summed E-state index contributed by atoms with van der Waals surface area (Å²) in [4.78, 5) is 13.5. The fourth-order valence-electron chi connectivity index (χ4n) is 5.02. The Morgan fingerprint density at radius 2 is 0.857 bits per heavy atom. The minimum absolute atomic E-state index is 0. The molecule has 0 aromatic rings. The maximum Gasteiger partial charge on any atom is 1.00 e. The van der Waals surface area contributed by atoms with Gasteiger partial charge in [-0.3, -0.25) is 0 Å². The van der Waals surface area contributed by atoms with Gasteiger partial charge in [0.2, 0.25) is 0 Å². The Labute approximate surface area is 243 Å². The molecule has 0 saturated heterocycles. The summed E-state index contributed by atoms with van der Waals surface area (Å²) < 4.78 is 0.